The van der Waals surface area contributed by atoms with E-state index in [4.69, 9.17) is 14.2 Å². The summed E-state index contributed by atoms with van der Waals surface area (Å²) in [6, 6.07) is 22.7. The first-order valence-corrected chi connectivity index (χ1v) is 9.79. The van der Waals surface area contributed by atoms with Gasteiger partial charge in [0.15, 0.2) is 0 Å². The minimum atomic E-state index is -0.391. The molecule has 0 radical (unpaired) electrons. The monoisotopic (exact) mass is 390 g/mol. The average molecular weight is 390 g/mol. The minimum Gasteiger partial charge on any atom is -0.494 e. The molecule has 0 amide bonds. The van der Waals surface area contributed by atoms with Gasteiger partial charge in [-0.1, -0.05) is 43.3 Å². The Hall–Kier alpha value is -3.11. The second-order valence-electron chi connectivity index (χ2n) is 6.79. The van der Waals surface area contributed by atoms with E-state index in [1.54, 1.807) is 43.5 Å². The molecule has 150 valence electrons. The molecule has 1 unspecified atom stereocenters. The molecule has 1 atom stereocenters. The molecule has 4 heteroatoms. The van der Waals surface area contributed by atoms with E-state index in [0.717, 1.165) is 28.9 Å². The molecule has 3 rings (SSSR count). The maximum Gasteiger partial charge on any atom is 0.343 e. The molecule has 29 heavy (non-hydrogen) atoms. The van der Waals surface area contributed by atoms with E-state index in [1.165, 1.54) is 0 Å². The zero-order valence-corrected chi connectivity index (χ0v) is 17.1. The molecular formula is C25H26O4. The van der Waals surface area contributed by atoms with Crippen LogP contribution < -0.4 is 9.47 Å². The fourth-order valence-corrected chi connectivity index (χ4v) is 2.87. The van der Waals surface area contributed by atoms with Gasteiger partial charge < -0.3 is 14.2 Å². The number of benzene rings is 3. The zero-order chi connectivity index (χ0) is 20.6. The second-order valence-corrected chi connectivity index (χ2v) is 6.79. The largest absolute Gasteiger partial charge is 0.494 e. The van der Waals surface area contributed by atoms with Crippen LogP contribution in [0.4, 0.5) is 0 Å². The Bertz CT molecular complexity index is 913. The van der Waals surface area contributed by atoms with Crippen molar-refractivity contribution in [3.05, 3.63) is 83.9 Å². The van der Waals surface area contributed by atoms with E-state index >= 15 is 0 Å². The summed E-state index contributed by atoms with van der Waals surface area (Å²) in [5, 5.41) is 0. The van der Waals surface area contributed by atoms with Crippen molar-refractivity contribution in [3.63, 3.8) is 0 Å². The maximum atomic E-state index is 12.3. The highest BCUT2D eigenvalue weighted by Crippen LogP contribution is 2.25. The van der Waals surface area contributed by atoms with Crippen molar-refractivity contribution in [2.75, 3.05) is 13.7 Å². The summed E-state index contributed by atoms with van der Waals surface area (Å²) in [5.74, 6) is 0.867. The molecule has 0 saturated heterocycles. The standard InChI is InChI=1S/C25H26O4/c1-4-17-28-23-13-11-22(12-14-23)25(26)29-24-15-9-21(10-16-24)20-7-5-19(6-8-20)18(2)27-3/h5-16,18H,4,17H2,1-3H3. The van der Waals surface area contributed by atoms with Gasteiger partial charge in [-0.25, -0.2) is 4.79 Å². The normalized spacial score (nSPS) is 11.7. The van der Waals surface area contributed by atoms with E-state index in [1.807, 2.05) is 26.0 Å². The highest BCUT2D eigenvalue weighted by Gasteiger charge is 2.09. The lowest BCUT2D eigenvalue weighted by molar-refractivity contribution is 0.0734. The van der Waals surface area contributed by atoms with Gasteiger partial charge in [0.25, 0.3) is 0 Å². The summed E-state index contributed by atoms with van der Waals surface area (Å²) in [5.41, 5.74) is 3.77. The second kappa shape index (κ2) is 9.89. The van der Waals surface area contributed by atoms with Crippen LogP contribution in [0.3, 0.4) is 0 Å². The van der Waals surface area contributed by atoms with Gasteiger partial charge in [0.1, 0.15) is 11.5 Å². The van der Waals surface area contributed by atoms with E-state index in [0.29, 0.717) is 17.9 Å². The summed E-state index contributed by atoms with van der Waals surface area (Å²) in [7, 11) is 1.70. The number of hydrogen-bond acceptors (Lipinski definition) is 4. The molecule has 0 aromatic heterocycles. The predicted molar refractivity (Wildman–Crippen MR) is 114 cm³/mol. The van der Waals surface area contributed by atoms with Crippen molar-refractivity contribution >= 4 is 5.97 Å². The fourth-order valence-electron chi connectivity index (χ4n) is 2.87. The van der Waals surface area contributed by atoms with Crippen LogP contribution in [0.15, 0.2) is 72.8 Å². The van der Waals surface area contributed by atoms with E-state index < -0.39 is 5.97 Å². The van der Waals surface area contributed by atoms with E-state index in [-0.39, 0.29) is 6.10 Å². The predicted octanol–water partition coefficient (Wildman–Crippen LogP) is 6.07. The van der Waals surface area contributed by atoms with Crippen LogP contribution in [-0.4, -0.2) is 19.7 Å². The highest BCUT2D eigenvalue weighted by molar-refractivity contribution is 5.91. The third-order valence-electron chi connectivity index (χ3n) is 4.69. The van der Waals surface area contributed by atoms with Gasteiger partial charge in [0, 0.05) is 7.11 Å². The van der Waals surface area contributed by atoms with Crippen LogP contribution in [-0.2, 0) is 4.74 Å². The minimum absolute atomic E-state index is 0.0677. The smallest absolute Gasteiger partial charge is 0.343 e. The maximum absolute atomic E-state index is 12.3. The molecule has 0 spiro atoms. The number of carbonyl (C=O) groups excluding carboxylic acids is 1. The van der Waals surface area contributed by atoms with E-state index in [9.17, 15) is 4.79 Å². The molecule has 0 aliphatic heterocycles. The van der Waals surface area contributed by atoms with Crippen molar-refractivity contribution in [3.8, 4) is 22.6 Å². The summed E-state index contributed by atoms with van der Waals surface area (Å²) in [4.78, 5) is 12.3. The number of carbonyl (C=O) groups is 1. The molecule has 0 N–H and O–H groups in total. The first-order chi connectivity index (χ1) is 14.1. The van der Waals surface area contributed by atoms with Gasteiger partial charge >= 0.3 is 5.97 Å². The molecule has 0 saturated carbocycles. The van der Waals surface area contributed by atoms with Gasteiger partial charge in [-0.05, 0) is 66.4 Å². The molecule has 0 fully saturated rings. The van der Waals surface area contributed by atoms with Crippen molar-refractivity contribution in [2.24, 2.45) is 0 Å². The van der Waals surface area contributed by atoms with Crippen molar-refractivity contribution in [1.82, 2.24) is 0 Å². The van der Waals surface area contributed by atoms with Gasteiger partial charge in [-0.2, -0.15) is 0 Å². The fraction of sp³-hybridized carbons (Fsp3) is 0.240. The lowest BCUT2D eigenvalue weighted by Crippen LogP contribution is -2.08. The molecule has 0 aliphatic carbocycles. The third-order valence-corrected chi connectivity index (χ3v) is 4.69. The zero-order valence-electron chi connectivity index (χ0n) is 17.1. The Kier molecular flexibility index (Phi) is 7.04. The number of ether oxygens (including phenoxy) is 3. The molecule has 0 bridgehead atoms. The SMILES string of the molecule is CCCOc1ccc(C(=O)Oc2ccc(-c3ccc(C(C)OC)cc3)cc2)cc1. The third kappa shape index (κ3) is 5.46. The Morgan fingerprint density at radius 3 is 1.93 bits per heavy atom. The van der Waals surface area contributed by atoms with Crippen molar-refractivity contribution < 1.29 is 19.0 Å². The van der Waals surface area contributed by atoms with Crippen LogP contribution in [0, 0.1) is 0 Å². The summed E-state index contributed by atoms with van der Waals surface area (Å²) < 4.78 is 16.4. The molecular weight excluding hydrogens is 364 g/mol. The average Bonchev–Trinajstić information content (AvgIpc) is 2.78. The number of hydrogen-bond donors (Lipinski definition) is 0. The van der Waals surface area contributed by atoms with Crippen molar-refractivity contribution in [1.29, 1.82) is 0 Å². The lowest BCUT2D eigenvalue weighted by atomic mass is 10.0. The number of esters is 1. The number of rotatable bonds is 8. The van der Waals surface area contributed by atoms with Crippen molar-refractivity contribution in [2.45, 2.75) is 26.4 Å². The van der Waals surface area contributed by atoms with Gasteiger partial charge in [-0.3, -0.25) is 0 Å². The van der Waals surface area contributed by atoms with Gasteiger partial charge in [0.2, 0.25) is 0 Å². The van der Waals surface area contributed by atoms with Gasteiger partial charge in [0.05, 0.1) is 18.3 Å². The molecule has 3 aromatic rings. The Labute approximate surface area is 172 Å². The number of methoxy groups -OCH3 is 1. The molecule has 0 aliphatic rings. The first-order valence-electron chi connectivity index (χ1n) is 9.79. The van der Waals surface area contributed by atoms with Crippen LogP contribution in [0.1, 0.15) is 42.3 Å². The van der Waals surface area contributed by atoms with Gasteiger partial charge in [-0.15, -0.1) is 0 Å². The Morgan fingerprint density at radius 2 is 1.38 bits per heavy atom. The quantitative estimate of drug-likeness (QED) is 0.346. The molecule has 3 aromatic carbocycles. The Balaban J connectivity index is 1.63. The highest BCUT2D eigenvalue weighted by atomic mass is 16.5. The van der Waals surface area contributed by atoms with E-state index in [2.05, 4.69) is 24.3 Å². The summed E-state index contributed by atoms with van der Waals surface area (Å²) in [6.07, 6.45) is 1.01. The first kappa shape index (κ1) is 20.6. The molecule has 0 heterocycles. The topological polar surface area (TPSA) is 44.8 Å². The summed E-state index contributed by atoms with van der Waals surface area (Å²) >= 11 is 0. The lowest BCUT2D eigenvalue weighted by Gasteiger charge is -2.11. The van der Waals surface area contributed by atoms with Crippen LogP contribution in [0.25, 0.3) is 11.1 Å². The Morgan fingerprint density at radius 1 is 0.828 bits per heavy atom. The summed E-state index contributed by atoms with van der Waals surface area (Å²) in [6.45, 7) is 4.72. The van der Waals surface area contributed by atoms with Crippen LogP contribution in [0.2, 0.25) is 0 Å². The van der Waals surface area contributed by atoms with Crippen LogP contribution in [0.5, 0.6) is 11.5 Å². The van der Waals surface area contributed by atoms with Crippen LogP contribution >= 0.6 is 0 Å². The molecule has 4 nitrogen and oxygen atoms in total.